The minimum atomic E-state index is -0.497. The normalized spacial score (nSPS) is 11.2. The first-order valence-corrected chi connectivity index (χ1v) is 14.9. The van der Waals surface area contributed by atoms with E-state index in [2.05, 4.69) is 18.0 Å². The third-order valence-electron chi connectivity index (χ3n) is 7.15. The lowest BCUT2D eigenvalue weighted by molar-refractivity contribution is 0.0734. The van der Waals surface area contributed by atoms with Crippen molar-refractivity contribution in [1.82, 2.24) is 0 Å². The molecule has 0 saturated carbocycles. The van der Waals surface area contributed by atoms with Gasteiger partial charge in [-0.2, -0.15) is 0 Å². The van der Waals surface area contributed by atoms with Gasteiger partial charge in [-0.1, -0.05) is 95.0 Å². The molecule has 0 aliphatic carbocycles. The molecule has 5 nitrogen and oxygen atoms in total. The van der Waals surface area contributed by atoms with Crippen LogP contribution in [0.4, 0.5) is 5.69 Å². The van der Waals surface area contributed by atoms with Crippen molar-refractivity contribution in [3.05, 3.63) is 96.1 Å². The number of unbranched alkanes of at least 4 members (excludes halogenated alkanes) is 9. The Kier molecular flexibility index (Phi) is 11.8. The van der Waals surface area contributed by atoms with Gasteiger partial charge in [0, 0.05) is 17.8 Å². The van der Waals surface area contributed by atoms with E-state index in [0.29, 0.717) is 17.7 Å². The molecule has 0 aliphatic rings. The summed E-state index contributed by atoms with van der Waals surface area (Å²) in [5, 5.41) is 12.7. The van der Waals surface area contributed by atoms with Crippen LogP contribution in [0.25, 0.3) is 10.8 Å². The van der Waals surface area contributed by atoms with Gasteiger partial charge in [0.1, 0.15) is 17.2 Å². The molecule has 0 bridgehead atoms. The Morgan fingerprint density at radius 2 is 1.39 bits per heavy atom. The van der Waals surface area contributed by atoms with E-state index in [1.807, 2.05) is 36.4 Å². The van der Waals surface area contributed by atoms with Crippen LogP contribution in [0.3, 0.4) is 0 Å². The van der Waals surface area contributed by atoms with E-state index in [1.165, 1.54) is 63.9 Å². The quantitative estimate of drug-likeness (QED) is 0.0651. The van der Waals surface area contributed by atoms with Crippen molar-refractivity contribution in [3.63, 3.8) is 0 Å². The predicted octanol–water partition coefficient (Wildman–Crippen LogP) is 9.81. The highest BCUT2D eigenvalue weighted by atomic mass is 16.5. The second-order valence-corrected chi connectivity index (χ2v) is 10.5. The highest BCUT2D eigenvalue weighted by Crippen LogP contribution is 2.26. The average molecular weight is 552 g/mol. The van der Waals surface area contributed by atoms with Crippen LogP contribution < -0.4 is 9.47 Å². The highest BCUT2D eigenvalue weighted by Gasteiger charge is 2.11. The average Bonchev–Trinajstić information content (AvgIpc) is 2.99. The smallest absolute Gasteiger partial charge is 0.343 e. The molecular formula is C36H41NO4. The molecule has 1 N–H and O–H groups in total. The molecular weight excluding hydrogens is 510 g/mol. The molecule has 4 aromatic carbocycles. The molecule has 0 saturated heterocycles. The number of phenols is 1. The number of rotatable bonds is 16. The maximum absolute atomic E-state index is 12.6. The van der Waals surface area contributed by atoms with Gasteiger partial charge in [0.15, 0.2) is 0 Å². The molecule has 214 valence electrons. The standard InChI is InChI=1S/C36H41NO4/c1-2-3-4-5-6-7-8-9-10-13-24-40-33-21-17-29(18-22-33)36(39)41-34-23-19-31(35(38)26-34)27-37-32-20-16-28-14-11-12-15-30(28)25-32/h11-12,14-23,25-27,38H,2-10,13,24H2,1H3. The van der Waals surface area contributed by atoms with E-state index in [4.69, 9.17) is 9.47 Å². The number of carbonyl (C=O) groups is 1. The number of benzene rings is 4. The van der Waals surface area contributed by atoms with Crippen LogP contribution in [-0.4, -0.2) is 23.9 Å². The first-order valence-electron chi connectivity index (χ1n) is 14.9. The number of esters is 1. The fraction of sp³-hybridized carbons (Fsp3) is 0.333. The molecule has 5 heteroatoms. The Bertz CT molecular complexity index is 1410. The number of carbonyl (C=O) groups excluding carboxylic acids is 1. The SMILES string of the molecule is CCCCCCCCCCCCOc1ccc(C(=O)Oc2ccc(C=Nc3ccc4ccccc4c3)c(O)c2)cc1. The molecule has 0 aliphatic heterocycles. The largest absolute Gasteiger partial charge is 0.507 e. The molecule has 4 aromatic rings. The van der Waals surface area contributed by atoms with E-state index in [9.17, 15) is 9.90 Å². The number of ether oxygens (including phenoxy) is 2. The summed E-state index contributed by atoms with van der Waals surface area (Å²) >= 11 is 0. The van der Waals surface area contributed by atoms with Crippen molar-refractivity contribution in [2.24, 2.45) is 4.99 Å². The summed E-state index contributed by atoms with van der Waals surface area (Å²) in [6, 6.07) is 25.7. The Labute approximate surface area is 243 Å². The molecule has 0 atom stereocenters. The van der Waals surface area contributed by atoms with Crippen molar-refractivity contribution in [1.29, 1.82) is 0 Å². The number of aromatic hydroxyl groups is 1. The van der Waals surface area contributed by atoms with Crippen LogP contribution in [0.5, 0.6) is 17.2 Å². The number of hydrogen-bond acceptors (Lipinski definition) is 5. The summed E-state index contributed by atoms with van der Waals surface area (Å²) in [6.45, 7) is 2.93. The minimum Gasteiger partial charge on any atom is -0.507 e. The first-order chi connectivity index (χ1) is 20.1. The summed E-state index contributed by atoms with van der Waals surface area (Å²) in [7, 11) is 0. The van der Waals surface area contributed by atoms with E-state index in [-0.39, 0.29) is 11.5 Å². The Hall–Kier alpha value is -4.12. The Morgan fingerprint density at radius 3 is 2.10 bits per heavy atom. The fourth-order valence-corrected chi connectivity index (χ4v) is 4.73. The van der Waals surface area contributed by atoms with E-state index < -0.39 is 5.97 Å². The molecule has 41 heavy (non-hydrogen) atoms. The first kappa shape index (κ1) is 29.9. The molecule has 0 heterocycles. The van der Waals surface area contributed by atoms with Crippen LogP contribution in [0, 0.1) is 0 Å². The molecule has 0 unspecified atom stereocenters. The monoisotopic (exact) mass is 551 g/mol. The summed E-state index contributed by atoms with van der Waals surface area (Å²) in [6.07, 6.45) is 14.5. The molecule has 0 fully saturated rings. The van der Waals surface area contributed by atoms with E-state index >= 15 is 0 Å². The van der Waals surface area contributed by atoms with Gasteiger partial charge in [-0.3, -0.25) is 4.99 Å². The van der Waals surface area contributed by atoms with Crippen LogP contribution in [-0.2, 0) is 0 Å². The van der Waals surface area contributed by atoms with Crippen molar-refractivity contribution in [3.8, 4) is 17.2 Å². The number of hydrogen-bond donors (Lipinski definition) is 1. The summed E-state index contributed by atoms with van der Waals surface area (Å²) < 4.78 is 11.3. The second kappa shape index (κ2) is 16.2. The van der Waals surface area contributed by atoms with Gasteiger partial charge in [0.25, 0.3) is 0 Å². The van der Waals surface area contributed by atoms with Gasteiger partial charge in [-0.15, -0.1) is 0 Å². The number of nitrogens with zero attached hydrogens (tertiary/aromatic N) is 1. The maximum atomic E-state index is 12.6. The summed E-state index contributed by atoms with van der Waals surface area (Å²) in [5.41, 5.74) is 1.73. The lowest BCUT2D eigenvalue weighted by Gasteiger charge is -2.08. The van der Waals surface area contributed by atoms with Crippen LogP contribution in [0.15, 0.2) is 89.9 Å². The van der Waals surface area contributed by atoms with Crippen molar-refractivity contribution < 1.29 is 19.4 Å². The van der Waals surface area contributed by atoms with Crippen molar-refractivity contribution in [2.45, 2.75) is 71.1 Å². The summed E-state index contributed by atoms with van der Waals surface area (Å²) in [5.74, 6) is 0.487. The minimum absolute atomic E-state index is 0.0180. The van der Waals surface area contributed by atoms with Crippen LogP contribution >= 0.6 is 0 Å². The summed E-state index contributed by atoms with van der Waals surface area (Å²) in [4.78, 5) is 17.1. The van der Waals surface area contributed by atoms with Crippen LogP contribution in [0.1, 0.15) is 87.1 Å². The molecule has 0 amide bonds. The van der Waals surface area contributed by atoms with Gasteiger partial charge >= 0.3 is 5.97 Å². The fourth-order valence-electron chi connectivity index (χ4n) is 4.73. The third-order valence-corrected chi connectivity index (χ3v) is 7.15. The van der Waals surface area contributed by atoms with Crippen molar-refractivity contribution in [2.75, 3.05) is 6.61 Å². The van der Waals surface area contributed by atoms with Gasteiger partial charge in [-0.25, -0.2) is 4.79 Å². The highest BCUT2D eigenvalue weighted by molar-refractivity contribution is 5.92. The zero-order valence-corrected chi connectivity index (χ0v) is 24.1. The third kappa shape index (κ3) is 9.78. The Morgan fingerprint density at radius 1 is 0.732 bits per heavy atom. The number of aliphatic imine (C=N–C) groups is 1. The number of phenolic OH excluding ortho intramolecular Hbond substituents is 1. The van der Waals surface area contributed by atoms with Crippen LogP contribution in [0.2, 0.25) is 0 Å². The zero-order chi connectivity index (χ0) is 28.7. The molecule has 0 spiro atoms. The van der Waals surface area contributed by atoms with Gasteiger partial charge < -0.3 is 14.6 Å². The molecule has 4 rings (SSSR count). The zero-order valence-electron chi connectivity index (χ0n) is 24.1. The van der Waals surface area contributed by atoms with Gasteiger partial charge in [-0.05, 0) is 65.7 Å². The lowest BCUT2D eigenvalue weighted by atomic mass is 10.1. The second-order valence-electron chi connectivity index (χ2n) is 10.5. The number of fused-ring (bicyclic) bond motifs is 1. The Balaban J connectivity index is 1.18. The van der Waals surface area contributed by atoms with Crippen molar-refractivity contribution >= 4 is 28.6 Å². The van der Waals surface area contributed by atoms with E-state index in [0.717, 1.165) is 28.6 Å². The lowest BCUT2D eigenvalue weighted by Crippen LogP contribution is -2.08. The van der Waals surface area contributed by atoms with Gasteiger partial charge in [0.2, 0.25) is 0 Å². The predicted molar refractivity (Wildman–Crippen MR) is 168 cm³/mol. The maximum Gasteiger partial charge on any atom is 0.343 e. The molecule has 0 radical (unpaired) electrons. The molecule has 0 aromatic heterocycles. The van der Waals surface area contributed by atoms with E-state index in [1.54, 1.807) is 42.6 Å². The van der Waals surface area contributed by atoms with Gasteiger partial charge in [0.05, 0.1) is 17.9 Å². The topological polar surface area (TPSA) is 68.1 Å².